The van der Waals surface area contributed by atoms with Crippen LogP contribution >= 0.6 is 0 Å². The molecule has 1 heterocycles. The van der Waals surface area contributed by atoms with Gasteiger partial charge in [-0.05, 0) is 80.1 Å². The molecule has 208 valence electrons. The lowest BCUT2D eigenvalue weighted by Crippen LogP contribution is -2.43. The maximum absolute atomic E-state index is 13.8. The minimum Gasteiger partial charge on any atom is -0.406 e. The number of rotatable bonds is 4. The normalized spacial score (nSPS) is 18.0. The Kier molecular flexibility index (Phi) is 6.76. The van der Waals surface area contributed by atoms with E-state index in [-0.39, 0.29) is 16.9 Å². The molecule has 13 heteroatoms. The summed E-state index contributed by atoms with van der Waals surface area (Å²) < 4.78 is 121. The molecule has 0 spiro atoms. The van der Waals surface area contributed by atoms with Crippen LogP contribution in [0.25, 0.3) is 0 Å². The summed E-state index contributed by atoms with van der Waals surface area (Å²) in [5, 5.41) is 0. The fourth-order valence-corrected chi connectivity index (χ4v) is 4.65. The summed E-state index contributed by atoms with van der Waals surface area (Å²) in [6.45, 7) is 3.07. The SMILES string of the molecule is CC1(C)C(c2cccc(OC(F)(F)F)c2)N(c2ccc(C(F)(F)F)cc2)C(=O)N1c1ccc(C(F)(F)F)cc1. The summed E-state index contributed by atoms with van der Waals surface area (Å²) in [7, 11) is 0. The molecule has 1 saturated heterocycles. The number of hydrogen-bond acceptors (Lipinski definition) is 2. The minimum atomic E-state index is -5.01. The second-order valence-corrected chi connectivity index (χ2v) is 9.25. The lowest BCUT2D eigenvalue weighted by atomic mass is 9.87. The van der Waals surface area contributed by atoms with Crippen LogP contribution in [0.5, 0.6) is 5.75 Å². The summed E-state index contributed by atoms with van der Waals surface area (Å²) in [5.41, 5.74) is -3.11. The Morgan fingerprint density at radius 2 is 1.21 bits per heavy atom. The van der Waals surface area contributed by atoms with Crippen molar-refractivity contribution in [1.29, 1.82) is 0 Å². The number of urea groups is 1. The number of ether oxygens (including phenoxy) is 1. The van der Waals surface area contributed by atoms with Crippen LogP contribution in [0.2, 0.25) is 0 Å². The van der Waals surface area contributed by atoms with Gasteiger partial charge in [-0.15, -0.1) is 13.2 Å². The van der Waals surface area contributed by atoms with Gasteiger partial charge >= 0.3 is 24.7 Å². The van der Waals surface area contributed by atoms with Crippen molar-refractivity contribution < 1.29 is 49.0 Å². The highest BCUT2D eigenvalue weighted by molar-refractivity contribution is 6.08. The van der Waals surface area contributed by atoms with Crippen LogP contribution in [0.1, 0.15) is 36.6 Å². The second-order valence-electron chi connectivity index (χ2n) is 9.25. The molecular formula is C26H19F9N2O2. The highest BCUT2D eigenvalue weighted by Gasteiger charge is 2.53. The Balaban J connectivity index is 1.85. The topological polar surface area (TPSA) is 32.8 Å². The molecule has 3 aromatic rings. The number of carbonyl (C=O) groups is 1. The van der Waals surface area contributed by atoms with Gasteiger partial charge in [0.1, 0.15) is 5.75 Å². The van der Waals surface area contributed by atoms with Gasteiger partial charge in [0.2, 0.25) is 0 Å². The molecule has 1 aliphatic rings. The number of amides is 2. The minimum absolute atomic E-state index is 0.0115. The molecule has 1 fully saturated rings. The smallest absolute Gasteiger partial charge is 0.406 e. The van der Waals surface area contributed by atoms with Crippen molar-refractivity contribution in [1.82, 2.24) is 0 Å². The van der Waals surface area contributed by atoms with Crippen molar-refractivity contribution in [3.63, 3.8) is 0 Å². The van der Waals surface area contributed by atoms with Crippen molar-refractivity contribution in [3.8, 4) is 5.75 Å². The Bertz CT molecular complexity index is 1350. The van der Waals surface area contributed by atoms with E-state index in [1.54, 1.807) is 0 Å². The van der Waals surface area contributed by atoms with E-state index in [4.69, 9.17) is 0 Å². The summed E-state index contributed by atoms with van der Waals surface area (Å²) in [6.07, 6.45) is -14.3. The number of carbonyl (C=O) groups excluding carboxylic acids is 1. The Labute approximate surface area is 216 Å². The molecule has 1 atom stereocenters. The zero-order valence-electron chi connectivity index (χ0n) is 20.1. The summed E-state index contributed by atoms with van der Waals surface area (Å²) in [6, 6.07) is 10.1. The van der Waals surface area contributed by atoms with Gasteiger partial charge in [-0.3, -0.25) is 9.80 Å². The fraction of sp³-hybridized carbons (Fsp3) is 0.269. The van der Waals surface area contributed by atoms with E-state index >= 15 is 0 Å². The Hall–Kier alpha value is -3.90. The molecular weight excluding hydrogens is 543 g/mol. The standard InChI is InChI=1S/C26H19F9N2O2/c1-23(2)21(15-4-3-5-20(14-15)39-26(33,34)35)36(18-10-6-16(7-11-18)24(27,28)29)22(38)37(23)19-12-8-17(9-13-19)25(30,31)32/h3-14,21H,1-2H3. The molecule has 4 nitrogen and oxygen atoms in total. The number of hydrogen-bond donors (Lipinski definition) is 0. The van der Waals surface area contributed by atoms with E-state index in [9.17, 15) is 44.3 Å². The average Bonchev–Trinajstić information content (AvgIpc) is 3.02. The maximum atomic E-state index is 13.8. The lowest BCUT2D eigenvalue weighted by Gasteiger charge is -2.35. The molecule has 0 N–H and O–H groups in total. The van der Waals surface area contributed by atoms with Gasteiger partial charge in [0, 0.05) is 11.4 Å². The summed E-state index contributed by atoms with van der Waals surface area (Å²) >= 11 is 0. The molecule has 0 aromatic heterocycles. The van der Waals surface area contributed by atoms with E-state index in [0.717, 1.165) is 70.5 Å². The summed E-state index contributed by atoms with van der Waals surface area (Å²) in [5.74, 6) is -0.594. The van der Waals surface area contributed by atoms with E-state index in [0.29, 0.717) is 0 Å². The van der Waals surface area contributed by atoms with E-state index in [1.807, 2.05) is 0 Å². The first kappa shape index (κ1) is 28.1. The highest BCUT2D eigenvalue weighted by Crippen LogP contribution is 2.49. The third-order valence-electron chi connectivity index (χ3n) is 6.23. The molecule has 0 radical (unpaired) electrons. The largest absolute Gasteiger partial charge is 0.573 e. The van der Waals surface area contributed by atoms with Gasteiger partial charge in [0.25, 0.3) is 0 Å². The van der Waals surface area contributed by atoms with Crippen LogP contribution in [-0.2, 0) is 12.4 Å². The van der Waals surface area contributed by atoms with Crippen molar-refractivity contribution in [2.24, 2.45) is 0 Å². The first-order chi connectivity index (χ1) is 17.9. The maximum Gasteiger partial charge on any atom is 0.573 e. The first-order valence-electron chi connectivity index (χ1n) is 11.2. The lowest BCUT2D eigenvalue weighted by molar-refractivity contribution is -0.274. The van der Waals surface area contributed by atoms with Crippen LogP contribution in [-0.4, -0.2) is 17.9 Å². The summed E-state index contributed by atoms with van der Waals surface area (Å²) in [4.78, 5) is 16.0. The molecule has 4 rings (SSSR count). The first-order valence-corrected chi connectivity index (χ1v) is 11.2. The van der Waals surface area contributed by atoms with Crippen LogP contribution in [0, 0.1) is 0 Å². The third-order valence-corrected chi connectivity index (χ3v) is 6.23. The van der Waals surface area contributed by atoms with Gasteiger partial charge in [0.05, 0.1) is 22.7 Å². The van der Waals surface area contributed by atoms with E-state index in [2.05, 4.69) is 4.74 Å². The Morgan fingerprint density at radius 3 is 1.67 bits per heavy atom. The molecule has 0 bridgehead atoms. The molecule has 0 saturated carbocycles. The van der Waals surface area contributed by atoms with Crippen LogP contribution < -0.4 is 14.5 Å². The Morgan fingerprint density at radius 1 is 0.718 bits per heavy atom. The zero-order valence-corrected chi connectivity index (χ0v) is 20.1. The van der Waals surface area contributed by atoms with Crippen molar-refractivity contribution >= 4 is 17.4 Å². The number of nitrogens with zero attached hydrogens (tertiary/aromatic N) is 2. The molecule has 1 aliphatic heterocycles. The molecule has 1 unspecified atom stereocenters. The molecule has 3 aromatic carbocycles. The number of benzene rings is 3. The predicted octanol–water partition coefficient (Wildman–Crippen LogP) is 8.59. The zero-order chi connectivity index (χ0) is 29.0. The van der Waals surface area contributed by atoms with E-state index < -0.39 is 53.2 Å². The quantitative estimate of drug-likeness (QED) is 0.299. The van der Waals surface area contributed by atoms with E-state index in [1.165, 1.54) is 26.0 Å². The van der Waals surface area contributed by atoms with Crippen molar-refractivity contribution in [2.75, 3.05) is 9.80 Å². The van der Waals surface area contributed by atoms with Gasteiger partial charge in [-0.2, -0.15) is 26.3 Å². The number of alkyl halides is 9. The fourth-order valence-electron chi connectivity index (χ4n) is 4.65. The van der Waals surface area contributed by atoms with Gasteiger partial charge < -0.3 is 4.74 Å². The third kappa shape index (κ3) is 5.62. The predicted molar refractivity (Wildman–Crippen MR) is 123 cm³/mol. The van der Waals surface area contributed by atoms with Crippen molar-refractivity contribution in [2.45, 2.75) is 44.1 Å². The molecule has 39 heavy (non-hydrogen) atoms. The van der Waals surface area contributed by atoms with Crippen molar-refractivity contribution in [3.05, 3.63) is 89.5 Å². The average molecular weight is 562 g/mol. The van der Waals surface area contributed by atoms with Gasteiger partial charge in [0.15, 0.2) is 0 Å². The van der Waals surface area contributed by atoms with Gasteiger partial charge in [-0.25, -0.2) is 4.79 Å². The van der Waals surface area contributed by atoms with Gasteiger partial charge in [-0.1, -0.05) is 12.1 Å². The van der Waals surface area contributed by atoms with Crippen LogP contribution in [0.3, 0.4) is 0 Å². The highest BCUT2D eigenvalue weighted by atomic mass is 19.4. The number of anilines is 2. The van der Waals surface area contributed by atoms with Crippen LogP contribution in [0.15, 0.2) is 72.8 Å². The molecule has 2 amide bonds. The second kappa shape index (κ2) is 9.38. The van der Waals surface area contributed by atoms with Crippen LogP contribution in [0.4, 0.5) is 55.7 Å². The number of halogens is 9. The monoisotopic (exact) mass is 562 g/mol. The molecule has 0 aliphatic carbocycles.